The molecule has 3 heteroatoms. The zero-order valence-electron chi connectivity index (χ0n) is 10.4. The van der Waals surface area contributed by atoms with Crippen LogP contribution in [0.15, 0.2) is 36.4 Å². The van der Waals surface area contributed by atoms with Crippen LogP contribution in [0.25, 0.3) is 10.8 Å². The van der Waals surface area contributed by atoms with Crippen LogP contribution in [0.3, 0.4) is 0 Å². The Morgan fingerprint density at radius 3 is 2.72 bits per heavy atom. The molecule has 2 N–H and O–H groups in total. The molecule has 2 aromatic carbocycles. The third-order valence-electron chi connectivity index (χ3n) is 2.99. The van der Waals surface area contributed by atoms with Crippen molar-refractivity contribution in [2.45, 2.75) is 19.8 Å². The minimum absolute atomic E-state index is 0.338. The van der Waals surface area contributed by atoms with Gasteiger partial charge in [0, 0.05) is 11.9 Å². The first-order valence-corrected chi connectivity index (χ1v) is 6.23. The van der Waals surface area contributed by atoms with Crippen LogP contribution in [-0.4, -0.2) is 17.6 Å². The maximum Gasteiger partial charge on any atom is 0.337 e. The van der Waals surface area contributed by atoms with E-state index in [0.717, 1.165) is 35.8 Å². The molecular formula is C15H17NO2. The van der Waals surface area contributed by atoms with E-state index in [1.165, 1.54) is 0 Å². The van der Waals surface area contributed by atoms with E-state index in [1.54, 1.807) is 6.07 Å². The van der Waals surface area contributed by atoms with E-state index in [0.29, 0.717) is 5.56 Å². The summed E-state index contributed by atoms with van der Waals surface area (Å²) in [7, 11) is 0. The summed E-state index contributed by atoms with van der Waals surface area (Å²) >= 11 is 0. The zero-order valence-corrected chi connectivity index (χ0v) is 10.4. The predicted octanol–water partition coefficient (Wildman–Crippen LogP) is 3.75. The Morgan fingerprint density at radius 2 is 2.00 bits per heavy atom. The Morgan fingerprint density at radius 1 is 1.22 bits per heavy atom. The highest BCUT2D eigenvalue weighted by Crippen LogP contribution is 2.27. The minimum Gasteiger partial charge on any atom is -0.478 e. The highest BCUT2D eigenvalue weighted by atomic mass is 16.4. The fraction of sp³-hybridized carbons (Fsp3) is 0.267. The summed E-state index contributed by atoms with van der Waals surface area (Å²) in [6, 6.07) is 11.3. The van der Waals surface area contributed by atoms with Gasteiger partial charge in [0.1, 0.15) is 0 Å². The van der Waals surface area contributed by atoms with Gasteiger partial charge in [0.2, 0.25) is 0 Å². The number of benzene rings is 2. The lowest BCUT2D eigenvalue weighted by Gasteiger charge is -2.12. The van der Waals surface area contributed by atoms with Crippen molar-refractivity contribution in [3.8, 4) is 0 Å². The highest BCUT2D eigenvalue weighted by molar-refractivity contribution is 6.05. The van der Waals surface area contributed by atoms with Crippen molar-refractivity contribution in [1.82, 2.24) is 0 Å². The molecule has 2 rings (SSSR count). The van der Waals surface area contributed by atoms with Crippen molar-refractivity contribution in [1.29, 1.82) is 0 Å². The average Bonchev–Trinajstić information content (AvgIpc) is 2.38. The molecule has 0 fully saturated rings. The number of fused-ring (bicyclic) bond motifs is 1. The Balaban J connectivity index is 2.48. The topological polar surface area (TPSA) is 49.3 Å². The Hall–Kier alpha value is -2.03. The van der Waals surface area contributed by atoms with Crippen LogP contribution < -0.4 is 5.32 Å². The molecule has 0 aliphatic rings. The molecule has 0 atom stereocenters. The molecule has 0 heterocycles. The second-order valence-corrected chi connectivity index (χ2v) is 4.29. The Bertz CT molecular complexity index is 563. The first-order valence-electron chi connectivity index (χ1n) is 6.23. The number of carbonyl (C=O) groups is 1. The van der Waals surface area contributed by atoms with E-state index in [-0.39, 0.29) is 0 Å². The number of aromatic carboxylic acids is 1. The highest BCUT2D eigenvalue weighted by Gasteiger charge is 2.12. The second-order valence-electron chi connectivity index (χ2n) is 4.29. The van der Waals surface area contributed by atoms with E-state index in [1.807, 2.05) is 30.3 Å². The van der Waals surface area contributed by atoms with Gasteiger partial charge in [-0.25, -0.2) is 4.79 Å². The quantitative estimate of drug-likeness (QED) is 0.786. The number of anilines is 1. The van der Waals surface area contributed by atoms with Gasteiger partial charge in [-0.05, 0) is 17.9 Å². The molecule has 0 saturated carbocycles. The summed E-state index contributed by atoms with van der Waals surface area (Å²) in [6.07, 6.45) is 2.11. The van der Waals surface area contributed by atoms with Gasteiger partial charge in [-0.2, -0.15) is 0 Å². The monoisotopic (exact) mass is 243 g/mol. The summed E-state index contributed by atoms with van der Waals surface area (Å²) < 4.78 is 0. The maximum atomic E-state index is 11.3. The third-order valence-corrected chi connectivity index (χ3v) is 2.99. The molecule has 3 nitrogen and oxygen atoms in total. The van der Waals surface area contributed by atoms with E-state index < -0.39 is 5.97 Å². The van der Waals surface area contributed by atoms with Crippen LogP contribution in [-0.2, 0) is 0 Å². The predicted molar refractivity (Wildman–Crippen MR) is 74.3 cm³/mol. The maximum absolute atomic E-state index is 11.3. The fourth-order valence-electron chi connectivity index (χ4n) is 2.03. The number of rotatable bonds is 5. The molecular weight excluding hydrogens is 226 g/mol. The van der Waals surface area contributed by atoms with Gasteiger partial charge >= 0.3 is 5.97 Å². The number of unbranched alkanes of at least 4 members (excludes halogenated alkanes) is 1. The lowest BCUT2D eigenvalue weighted by Crippen LogP contribution is -2.08. The minimum atomic E-state index is -0.889. The van der Waals surface area contributed by atoms with E-state index in [4.69, 9.17) is 0 Å². The average molecular weight is 243 g/mol. The van der Waals surface area contributed by atoms with Crippen LogP contribution in [0.2, 0.25) is 0 Å². The van der Waals surface area contributed by atoms with Gasteiger partial charge in [-0.3, -0.25) is 0 Å². The molecule has 0 amide bonds. The molecule has 0 aromatic heterocycles. The van der Waals surface area contributed by atoms with Gasteiger partial charge in [0.15, 0.2) is 0 Å². The molecule has 0 bridgehead atoms. The van der Waals surface area contributed by atoms with Crippen molar-refractivity contribution in [2.24, 2.45) is 0 Å². The molecule has 2 aromatic rings. The molecule has 0 aliphatic heterocycles. The van der Waals surface area contributed by atoms with Gasteiger partial charge in [0.05, 0.1) is 11.3 Å². The first-order chi connectivity index (χ1) is 8.74. The summed E-state index contributed by atoms with van der Waals surface area (Å²) in [4.78, 5) is 11.3. The van der Waals surface area contributed by atoms with Crippen LogP contribution in [0.4, 0.5) is 5.69 Å². The van der Waals surface area contributed by atoms with Crippen LogP contribution in [0.1, 0.15) is 30.1 Å². The van der Waals surface area contributed by atoms with Crippen molar-refractivity contribution in [3.05, 3.63) is 42.0 Å². The number of carboxylic acids is 1. The number of hydrogen-bond donors (Lipinski definition) is 2. The van der Waals surface area contributed by atoms with Crippen molar-refractivity contribution in [2.75, 3.05) is 11.9 Å². The van der Waals surface area contributed by atoms with Crippen LogP contribution in [0.5, 0.6) is 0 Å². The van der Waals surface area contributed by atoms with E-state index in [9.17, 15) is 9.90 Å². The Kier molecular flexibility index (Phi) is 3.82. The SMILES string of the molecule is CCCCNc1c(C(=O)O)ccc2ccccc12. The van der Waals surface area contributed by atoms with Gasteiger partial charge in [-0.15, -0.1) is 0 Å². The summed E-state index contributed by atoms with van der Waals surface area (Å²) in [5.74, 6) is -0.889. The largest absolute Gasteiger partial charge is 0.478 e. The fourth-order valence-corrected chi connectivity index (χ4v) is 2.03. The molecule has 0 aliphatic carbocycles. The van der Waals surface area contributed by atoms with E-state index in [2.05, 4.69) is 12.2 Å². The molecule has 18 heavy (non-hydrogen) atoms. The molecule has 94 valence electrons. The molecule has 0 spiro atoms. The van der Waals surface area contributed by atoms with Crippen LogP contribution in [0, 0.1) is 0 Å². The third kappa shape index (κ3) is 2.45. The Labute approximate surface area is 106 Å². The van der Waals surface area contributed by atoms with Gasteiger partial charge in [0.25, 0.3) is 0 Å². The van der Waals surface area contributed by atoms with Gasteiger partial charge < -0.3 is 10.4 Å². The molecule has 0 saturated heterocycles. The van der Waals surface area contributed by atoms with Gasteiger partial charge in [-0.1, -0.05) is 43.7 Å². The molecule has 0 unspecified atom stereocenters. The lowest BCUT2D eigenvalue weighted by atomic mass is 10.0. The normalized spacial score (nSPS) is 10.5. The van der Waals surface area contributed by atoms with Crippen molar-refractivity contribution < 1.29 is 9.90 Å². The van der Waals surface area contributed by atoms with Crippen molar-refractivity contribution >= 4 is 22.4 Å². The summed E-state index contributed by atoms with van der Waals surface area (Å²) in [5, 5.41) is 14.5. The standard InChI is InChI=1S/C15H17NO2/c1-2-3-10-16-14-12-7-5-4-6-11(12)8-9-13(14)15(17)18/h4-9,16H,2-3,10H2,1H3,(H,17,18). The first kappa shape index (κ1) is 12.4. The molecule has 0 radical (unpaired) electrons. The number of nitrogens with one attached hydrogen (secondary N) is 1. The number of hydrogen-bond acceptors (Lipinski definition) is 2. The van der Waals surface area contributed by atoms with Crippen molar-refractivity contribution in [3.63, 3.8) is 0 Å². The number of carboxylic acid groups (broad SMARTS) is 1. The smallest absolute Gasteiger partial charge is 0.337 e. The second kappa shape index (κ2) is 5.54. The summed E-state index contributed by atoms with van der Waals surface area (Å²) in [6.45, 7) is 2.91. The van der Waals surface area contributed by atoms with E-state index >= 15 is 0 Å². The lowest BCUT2D eigenvalue weighted by molar-refractivity contribution is 0.0698. The zero-order chi connectivity index (χ0) is 13.0. The summed E-state index contributed by atoms with van der Waals surface area (Å²) in [5.41, 5.74) is 1.07. The van der Waals surface area contributed by atoms with Crippen LogP contribution >= 0.6 is 0 Å².